The zero-order chi connectivity index (χ0) is 25.1. The first-order valence-corrected chi connectivity index (χ1v) is 36.7. The second kappa shape index (κ2) is 15.0. The van der Waals surface area contributed by atoms with Crippen LogP contribution in [0.3, 0.4) is 0 Å². The second-order valence-electron chi connectivity index (χ2n) is 10.4. The quantitative estimate of drug-likeness (QED) is 0.269. The molecule has 0 amide bonds. The Balaban J connectivity index is 0.000000200. The molecule has 4 aliphatic rings. The molecule has 0 saturated carbocycles. The van der Waals surface area contributed by atoms with Crippen molar-refractivity contribution >= 4 is 48.0 Å². The molecule has 0 N–H and O–H groups in total. The molecule has 0 nitrogen and oxygen atoms in total. The van der Waals surface area contributed by atoms with Crippen molar-refractivity contribution in [3.63, 3.8) is 0 Å². The number of benzene rings is 2. The molecule has 2 unspecified atom stereocenters. The molecule has 2 atom stereocenters. The van der Waals surface area contributed by atoms with E-state index in [2.05, 4.69) is 135 Å². The summed E-state index contributed by atoms with van der Waals surface area (Å²) in [5, 5.41) is 0. The Morgan fingerprint density at radius 2 is 1.00 bits per heavy atom. The van der Waals surface area contributed by atoms with Crippen molar-refractivity contribution < 1.29 is 40.1 Å². The van der Waals surface area contributed by atoms with Crippen LogP contribution in [-0.4, -0.2) is 11.0 Å². The van der Waals surface area contributed by atoms with Gasteiger partial charge in [-0.2, -0.15) is 0 Å². The predicted molar refractivity (Wildman–Crippen MR) is 170 cm³/mol. The van der Waals surface area contributed by atoms with E-state index in [9.17, 15) is 0 Å². The Kier molecular flexibility index (Phi) is 12.7. The van der Waals surface area contributed by atoms with Crippen molar-refractivity contribution in [2.24, 2.45) is 0 Å². The van der Waals surface area contributed by atoms with Gasteiger partial charge in [-0.15, -0.1) is 24.8 Å². The van der Waals surface area contributed by atoms with Crippen LogP contribution in [0.2, 0.25) is 26.2 Å². The van der Waals surface area contributed by atoms with Gasteiger partial charge in [0.2, 0.25) is 0 Å². The Morgan fingerprint density at radius 1 is 0.605 bits per heavy atom. The molecule has 0 aliphatic heterocycles. The molecule has 6 rings (SSSR count). The minimum absolute atomic E-state index is 0. The first kappa shape index (κ1) is 32.2. The molecule has 0 fully saturated rings. The van der Waals surface area contributed by atoms with Gasteiger partial charge in [-0.05, 0) is 0 Å². The molecule has 196 valence electrons. The van der Waals surface area contributed by atoms with Crippen LogP contribution < -0.4 is 0 Å². The summed E-state index contributed by atoms with van der Waals surface area (Å²) in [7, 11) is 0. The first-order valence-electron chi connectivity index (χ1n) is 13.2. The molecule has 0 saturated heterocycles. The van der Waals surface area contributed by atoms with Crippen LogP contribution >= 0.6 is 24.8 Å². The maximum Gasteiger partial charge on any atom is -0.147 e. The van der Waals surface area contributed by atoms with Gasteiger partial charge >= 0.3 is 236 Å². The monoisotopic (exact) mass is 908 g/mol. The molecule has 0 aromatic heterocycles. The number of rotatable bonds is 4. The molecule has 2 aromatic carbocycles. The van der Waals surface area contributed by atoms with E-state index >= 15 is 0 Å². The van der Waals surface area contributed by atoms with Crippen molar-refractivity contribution in [2.45, 2.75) is 46.4 Å². The van der Waals surface area contributed by atoms with E-state index < -0.39 is 40.1 Å². The van der Waals surface area contributed by atoms with E-state index in [-0.39, 0.29) is 35.8 Å². The van der Waals surface area contributed by atoms with E-state index in [4.69, 9.17) is 0 Å². The van der Waals surface area contributed by atoms with Crippen LogP contribution in [0, 0.1) is 0 Å². The number of allylic oxidation sites excluding steroid dienone is 10. The van der Waals surface area contributed by atoms with Gasteiger partial charge in [-0.3, -0.25) is 0 Å². The van der Waals surface area contributed by atoms with E-state index in [0.717, 1.165) is 7.35 Å². The molecule has 0 bridgehead atoms. The van der Waals surface area contributed by atoms with Crippen molar-refractivity contribution in [3.8, 4) is 0 Å². The van der Waals surface area contributed by atoms with Crippen LogP contribution in [0.25, 0.3) is 12.2 Å². The van der Waals surface area contributed by atoms with E-state index in [1.165, 1.54) is 24.0 Å². The minimum atomic E-state index is -1.68. The van der Waals surface area contributed by atoms with Gasteiger partial charge in [-0.25, -0.2) is 0 Å². The molecule has 2 aromatic rings. The van der Waals surface area contributed by atoms with Gasteiger partial charge in [0.25, 0.3) is 0 Å². The van der Waals surface area contributed by atoms with Gasteiger partial charge in [0, 0.05) is 0 Å². The average Bonchev–Trinajstić information content (AvgIpc) is 3.69. The summed E-state index contributed by atoms with van der Waals surface area (Å²) >= 11 is -3.35. The summed E-state index contributed by atoms with van der Waals surface area (Å²) in [6.07, 6.45) is 26.4. The smallest absolute Gasteiger partial charge is 0.147 e. The summed E-state index contributed by atoms with van der Waals surface area (Å²) in [4.78, 5) is 0. The van der Waals surface area contributed by atoms with Gasteiger partial charge in [0.1, 0.15) is 0 Å². The summed E-state index contributed by atoms with van der Waals surface area (Å²) < 4.78 is 5.35. The molecular formula is C32H38Cl2Hf2Si2. The molecule has 6 heteroatoms. The third kappa shape index (κ3) is 7.09. The third-order valence-electron chi connectivity index (χ3n) is 7.53. The Hall–Kier alpha value is -0.366. The van der Waals surface area contributed by atoms with Crippen molar-refractivity contribution in [1.29, 1.82) is 0 Å². The minimum Gasteiger partial charge on any atom is -0.147 e. The topological polar surface area (TPSA) is 0 Å². The maximum absolute atomic E-state index is 2.54. The molecule has 0 heterocycles. The number of halogens is 2. The second-order valence-corrected chi connectivity index (χ2v) is 59.8. The van der Waals surface area contributed by atoms with Gasteiger partial charge < -0.3 is 0 Å². The van der Waals surface area contributed by atoms with Gasteiger partial charge in [-0.1, -0.05) is 0 Å². The molecular weight excluding hydrogens is 868 g/mol. The molecule has 4 aliphatic carbocycles. The van der Waals surface area contributed by atoms with E-state index in [0.29, 0.717) is 0 Å². The van der Waals surface area contributed by atoms with Gasteiger partial charge in [0.15, 0.2) is 0 Å². The summed E-state index contributed by atoms with van der Waals surface area (Å²) in [5.41, 5.74) is 5.94. The summed E-state index contributed by atoms with van der Waals surface area (Å²) in [6.45, 7) is 10.2. The van der Waals surface area contributed by atoms with E-state index in [1.807, 2.05) is 6.66 Å². The zero-order valence-electron chi connectivity index (χ0n) is 22.8. The van der Waals surface area contributed by atoms with Crippen LogP contribution in [0.15, 0.2) is 104 Å². The van der Waals surface area contributed by atoms with Crippen LogP contribution in [0.5, 0.6) is 0 Å². The van der Waals surface area contributed by atoms with Crippen molar-refractivity contribution in [3.05, 3.63) is 126 Å². The average molecular weight is 907 g/mol. The standard InChI is InChI=1S/2C9H7.2C5H5.2C2H6Si.2ClH.2Hf/c2*1-2-5-9-7-3-6-8(9)4-1;2*1-2-4-5-3-1;2*1-3-2;;;;/h2*1-7H;2*1-3H,4H2;2*1-2H3;2*1H;;. The Labute approximate surface area is 257 Å². The summed E-state index contributed by atoms with van der Waals surface area (Å²) in [6, 6.07) is 18.0. The third-order valence-corrected chi connectivity index (χ3v) is 59.0. The van der Waals surface area contributed by atoms with Gasteiger partial charge in [0.05, 0.1) is 0 Å². The van der Waals surface area contributed by atoms with E-state index in [1.54, 1.807) is 11.1 Å². The Bertz CT molecular complexity index is 1320. The fraction of sp³-hybridized carbons (Fsp3) is 0.250. The number of hydrogen-bond acceptors (Lipinski definition) is 0. The van der Waals surface area contributed by atoms with Crippen molar-refractivity contribution in [2.75, 3.05) is 0 Å². The van der Waals surface area contributed by atoms with Crippen LogP contribution in [0.4, 0.5) is 0 Å². The van der Waals surface area contributed by atoms with Crippen molar-refractivity contribution in [1.82, 2.24) is 0 Å². The normalized spacial score (nSPS) is 18.8. The van der Waals surface area contributed by atoms with Crippen LogP contribution in [0.1, 0.15) is 42.4 Å². The fourth-order valence-electron chi connectivity index (χ4n) is 5.96. The first-order chi connectivity index (χ1) is 17.5. The predicted octanol–water partition coefficient (Wildman–Crippen LogP) is 9.78. The fourth-order valence-corrected chi connectivity index (χ4v) is 56.4. The number of hydrogen-bond donors (Lipinski definition) is 0. The SMILES string of the molecule is C[Si](C)=[Hf]([C]1=CC=CC1)[CH]1C=Cc2ccccc21.C[Si](C)=[Hf]([C]1=CC=CC1)[CH]1C=Cc2ccccc21.Cl.Cl. The zero-order valence-corrected chi connectivity index (χ0v) is 33.6. The molecule has 0 radical (unpaired) electrons. The number of fused-ring (bicyclic) bond motifs is 2. The maximum atomic E-state index is 2.54. The molecule has 0 spiro atoms. The summed E-state index contributed by atoms with van der Waals surface area (Å²) in [5.74, 6) is 0. The molecule has 38 heavy (non-hydrogen) atoms. The largest absolute Gasteiger partial charge is 0.147 e. The van der Waals surface area contributed by atoms with Crippen LogP contribution in [-0.2, 0) is 40.1 Å². The Morgan fingerprint density at radius 3 is 1.34 bits per heavy atom.